The van der Waals surface area contributed by atoms with Crippen LogP contribution in [-0.2, 0) is 19.6 Å². The summed E-state index contributed by atoms with van der Waals surface area (Å²) < 4.78 is 35.1. The number of nitrogens with zero attached hydrogens (tertiary/aromatic N) is 2. The first-order valence-electron chi connectivity index (χ1n) is 11.6. The largest absolute Gasteiger partial charge is 0.353 e. The molecule has 192 valence electrons. The van der Waals surface area contributed by atoms with Crippen LogP contribution < -0.4 is 14.9 Å². The number of ether oxygens (including phenoxy) is 1. The number of carbonyl (C=O) groups excluding carboxylic acids is 1. The molecule has 1 saturated heterocycles. The summed E-state index contributed by atoms with van der Waals surface area (Å²) >= 11 is 1.42. The SMILES string of the molecule is CC(=O)Nc1ccc(-c2cnc(-c3ccc(N4COC(C)(C)C4)cc3)s2)c(S(=O)(=O)NC(C)(C)C)c1. The van der Waals surface area contributed by atoms with Crippen molar-refractivity contribution in [1.29, 1.82) is 0 Å². The summed E-state index contributed by atoms with van der Waals surface area (Å²) in [6.45, 7) is 12.3. The second-order valence-electron chi connectivity index (χ2n) is 10.6. The van der Waals surface area contributed by atoms with Gasteiger partial charge in [0.1, 0.15) is 11.7 Å². The number of thiazole rings is 1. The third kappa shape index (κ3) is 6.12. The lowest BCUT2D eigenvalue weighted by Crippen LogP contribution is -2.40. The molecular weight excluding hydrogens is 496 g/mol. The van der Waals surface area contributed by atoms with Crippen LogP contribution in [0.5, 0.6) is 0 Å². The normalized spacial score (nSPS) is 15.8. The van der Waals surface area contributed by atoms with E-state index < -0.39 is 15.6 Å². The number of hydrogen-bond acceptors (Lipinski definition) is 7. The fourth-order valence-corrected chi connectivity index (χ4v) is 6.70. The summed E-state index contributed by atoms with van der Waals surface area (Å²) in [5.74, 6) is -0.276. The van der Waals surface area contributed by atoms with Crippen LogP contribution in [0.15, 0.2) is 53.6 Å². The van der Waals surface area contributed by atoms with Gasteiger partial charge in [-0.25, -0.2) is 18.1 Å². The van der Waals surface area contributed by atoms with Gasteiger partial charge in [-0.05, 0) is 71.0 Å². The van der Waals surface area contributed by atoms with Crippen LogP contribution in [0.2, 0.25) is 0 Å². The van der Waals surface area contributed by atoms with Gasteiger partial charge < -0.3 is 15.0 Å². The Hall–Kier alpha value is -2.79. The van der Waals surface area contributed by atoms with E-state index in [0.29, 0.717) is 22.9 Å². The van der Waals surface area contributed by atoms with Gasteiger partial charge in [0.2, 0.25) is 15.9 Å². The Kier molecular flexibility index (Phi) is 7.00. The van der Waals surface area contributed by atoms with Crippen molar-refractivity contribution >= 4 is 38.6 Å². The maximum absolute atomic E-state index is 13.3. The zero-order valence-electron chi connectivity index (χ0n) is 21.4. The average Bonchev–Trinajstić information content (AvgIpc) is 3.38. The van der Waals surface area contributed by atoms with E-state index in [0.717, 1.165) is 22.8 Å². The molecule has 1 aliphatic rings. The molecule has 0 spiro atoms. The number of carbonyl (C=O) groups is 1. The number of nitrogens with one attached hydrogen (secondary N) is 2. The molecule has 3 aromatic rings. The van der Waals surface area contributed by atoms with Crippen molar-refractivity contribution in [1.82, 2.24) is 9.71 Å². The van der Waals surface area contributed by atoms with Crippen molar-refractivity contribution in [3.63, 3.8) is 0 Å². The van der Waals surface area contributed by atoms with Crippen LogP contribution in [0.3, 0.4) is 0 Å². The first-order chi connectivity index (χ1) is 16.7. The monoisotopic (exact) mass is 528 g/mol. The molecule has 2 N–H and O–H groups in total. The first-order valence-corrected chi connectivity index (χ1v) is 13.9. The summed E-state index contributed by atoms with van der Waals surface area (Å²) in [4.78, 5) is 19.1. The molecular formula is C26H32N4O4S2. The van der Waals surface area contributed by atoms with Crippen LogP contribution >= 0.6 is 11.3 Å². The molecule has 0 bridgehead atoms. The predicted molar refractivity (Wildman–Crippen MR) is 145 cm³/mol. The van der Waals surface area contributed by atoms with E-state index in [2.05, 4.69) is 33.8 Å². The molecule has 0 saturated carbocycles. The molecule has 36 heavy (non-hydrogen) atoms. The van der Waals surface area contributed by atoms with Crippen molar-refractivity contribution < 1.29 is 17.9 Å². The molecule has 1 fully saturated rings. The minimum atomic E-state index is -3.87. The molecule has 0 atom stereocenters. The van der Waals surface area contributed by atoms with Crippen molar-refractivity contribution in [2.45, 2.75) is 57.6 Å². The minimum Gasteiger partial charge on any atom is -0.353 e. The number of benzene rings is 2. The van der Waals surface area contributed by atoms with Crippen LogP contribution in [-0.4, -0.2) is 43.7 Å². The highest BCUT2D eigenvalue weighted by atomic mass is 32.2. The summed E-state index contributed by atoms with van der Waals surface area (Å²) in [7, 11) is -3.87. The molecule has 2 aromatic carbocycles. The number of hydrogen-bond donors (Lipinski definition) is 2. The van der Waals surface area contributed by atoms with Gasteiger partial charge in [-0.3, -0.25) is 4.79 Å². The van der Waals surface area contributed by atoms with Gasteiger partial charge in [0.15, 0.2) is 0 Å². The lowest BCUT2D eigenvalue weighted by Gasteiger charge is -2.22. The molecule has 4 rings (SSSR count). The molecule has 10 heteroatoms. The van der Waals surface area contributed by atoms with Crippen LogP contribution in [0.25, 0.3) is 21.0 Å². The fourth-order valence-electron chi connectivity index (χ4n) is 4.00. The maximum atomic E-state index is 13.3. The highest BCUT2D eigenvalue weighted by molar-refractivity contribution is 7.89. The maximum Gasteiger partial charge on any atom is 0.241 e. The van der Waals surface area contributed by atoms with Gasteiger partial charge in [-0.2, -0.15) is 0 Å². The van der Waals surface area contributed by atoms with Crippen LogP contribution in [0, 0.1) is 0 Å². The Morgan fingerprint density at radius 1 is 1.14 bits per heavy atom. The highest BCUT2D eigenvalue weighted by Crippen LogP contribution is 2.37. The topological polar surface area (TPSA) is 101 Å². The quantitative estimate of drug-likeness (QED) is 0.463. The predicted octanol–water partition coefficient (Wildman–Crippen LogP) is 5.09. The van der Waals surface area contributed by atoms with E-state index in [4.69, 9.17) is 4.74 Å². The summed E-state index contributed by atoms with van der Waals surface area (Å²) in [5.41, 5.74) is 2.12. The van der Waals surface area contributed by atoms with Gasteiger partial charge >= 0.3 is 0 Å². The number of amides is 1. The molecule has 1 amide bonds. The Bertz CT molecular complexity index is 1370. The van der Waals surface area contributed by atoms with E-state index in [1.54, 1.807) is 39.1 Å². The Morgan fingerprint density at radius 2 is 1.83 bits per heavy atom. The summed E-state index contributed by atoms with van der Waals surface area (Å²) in [6.07, 6.45) is 1.69. The van der Waals surface area contributed by atoms with Crippen molar-refractivity contribution in [3.05, 3.63) is 48.7 Å². The van der Waals surface area contributed by atoms with E-state index in [-0.39, 0.29) is 16.4 Å². The molecule has 2 heterocycles. The second kappa shape index (κ2) is 9.59. The molecule has 1 aromatic heterocycles. The van der Waals surface area contributed by atoms with Crippen LogP contribution in [0.1, 0.15) is 41.5 Å². The smallest absolute Gasteiger partial charge is 0.241 e. The fraction of sp³-hybridized carbons (Fsp3) is 0.385. The van der Waals surface area contributed by atoms with Gasteiger partial charge in [0.25, 0.3) is 0 Å². The second-order valence-corrected chi connectivity index (χ2v) is 13.2. The standard InChI is InChI=1S/C26H32N4O4S2/c1-17(31)28-19-9-12-21(23(13-19)36(32,33)29-25(2,3)4)22-14-27-24(35-22)18-7-10-20(11-8-18)30-15-26(5,6)34-16-30/h7-14,29H,15-16H2,1-6H3,(H,28,31). The van der Waals surface area contributed by atoms with Crippen LogP contribution in [0.4, 0.5) is 11.4 Å². The van der Waals surface area contributed by atoms with Crippen molar-refractivity contribution in [3.8, 4) is 21.0 Å². The molecule has 0 radical (unpaired) electrons. The van der Waals surface area contributed by atoms with E-state index >= 15 is 0 Å². The zero-order valence-corrected chi connectivity index (χ0v) is 23.0. The van der Waals surface area contributed by atoms with Crippen molar-refractivity contribution in [2.24, 2.45) is 0 Å². The molecule has 0 unspecified atom stereocenters. The van der Waals surface area contributed by atoms with Gasteiger partial charge in [-0.1, -0.05) is 6.07 Å². The average molecular weight is 529 g/mol. The number of sulfonamides is 1. The lowest BCUT2D eigenvalue weighted by atomic mass is 10.1. The van der Waals surface area contributed by atoms with E-state index in [1.165, 1.54) is 24.3 Å². The zero-order chi connectivity index (χ0) is 26.3. The molecule has 0 aliphatic carbocycles. The van der Waals surface area contributed by atoms with E-state index in [9.17, 15) is 13.2 Å². The molecule has 1 aliphatic heterocycles. The van der Waals surface area contributed by atoms with Crippen molar-refractivity contribution in [2.75, 3.05) is 23.5 Å². The third-order valence-electron chi connectivity index (χ3n) is 5.47. The number of aromatic nitrogens is 1. The van der Waals surface area contributed by atoms with Gasteiger partial charge in [0.05, 0.1) is 15.4 Å². The lowest BCUT2D eigenvalue weighted by molar-refractivity contribution is -0.114. The summed E-state index contributed by atoms with van der Waals surface area (Å²) in [5, 5.41) is 3.45. The summed E-state index contributed by atoms with van der Waals surface area (Å²) in [6, 6.07) is 13.0. The third-order valence-corrected chi connectivity index (χ3v) is 8.34. The Morgan fingerprint density at radius 3 is 2.42 bits per heavy atom. The number of anilines is 2. The molecule has 8 nitrogen and oxygen atoms in total. The van der Waals surface area contributed by atoms with Gasteiger partial charge in [-0.15, -0.1) is 11.3 Å². The first kappa shape index (κ1) is 26.3. The van der Waals surface area contributed by atoms with Gasteiger partial charge in [0, 0.05) is 47.7 Å². The minimum absolute atomic E-state index is 0.0888. The highest BCUT2D eigenvalue weighted by Gasteiger charge is 2.30. The number of rotatable bonds is 6. The van der Waals surface area contributed by atoms with E-state index in [1.807, 2.05) is 24.3 Å². The Balaban J connectivity index is 1.66. The Labute approximate surface area is 216 Å².